The molecule has 0 atom stereocenters. The maximum Gasteiger partial charge on any atom is 0.129 e. The van der Waals surface area contributed by atoms with Crippen molar-refractivity contribution in [1.29, 1.82) is 0 Å². The third-order valence-electron chi connectivity index (χ3n) is 2.21. The van der Waals surface area contributed by atoms with Crippen molar-refractivity contribution in [3.63, 3.8) is 0 Å². The molecule has 74 valence electrons. The SMILES string of the molecule is C[Si](C)(C)C#CCN1CCCCC1. The summed E-state index contributed by atoms with van der Waals surface area (Å²) in [5.74, 6) is 3.33. The van der Waals surface area contributed by atoms with Crippen LogP contribution in [0.5, 0.6) is 0 Å². The molecule has 0 saturated carbocycles. The predicted octanol–water partition coefficient (Wildman–Crippen LogP) is 2.35. The van der Waals surface area contributed by atoms with Crippen LogP contribution in [0.2, 0.25) is 19.6 Å². The van der Waals surface area contributed by atoms with Crippen molar-refractivity contribution in [1.82, 2.24) is 4.90 Å². The molecule has 0 aromatic heterocycles. The van der Waals surface area contributed by atoms with Gasteiger partial charge in [-0.05, 0) is 25.9 Å². The van der Waals surface area contributed by atoms with Gasteiger partial charge in [-0.15, -0.1) is 5.54 Å². The Bertz CT molecular complexity index is 200. The molecular formula is C11H21NSi. The van der Waals surface area contributed by atoms with Gasteiger partial charge in [0.25, 0.3) is 0 Å². The van der Waals surface area contributed by atoms with Crippen molar-refractivity contribution >= 4 is 8.07 Å². The van der Waals surface area contributed by atoms with Crippen molar-refractivity contribution in [2.24, 2.45) is 0 Å². The summed E-state index contributed by atoms with van der Waals surface area (Å²) in [4.78, 5) is 2.48. The Morgan fingerprint density at radius 2 is 1.69 bits per heavy atom. The van der Waals surface area contributed by atoms with Crippen LogP contribution in [0, 0.1) is 11.5 Å². The summed E-state index contributed by atoms with van der Waals surface area (Å²) in [6.07, 6.45) is 4.15. The van der Waals surface area contributed by atoms with Gasteiger partial charge in [0.2, 0.25) is 0 Å². The lowest BCUT2D eigenvalue weighted by Gasteiger charge is -2.24. The highest BCUT2D eigenvalue weighted by atomic mass is 28.3. The van der Waals surface area contributed by atoms with E-state index in [1.165, 1.54) is 32.4 Å². The zero-order valence-electron chi connectivity index (χ0n) is 9.19. The molecule has 0 radical (unpaired) electrons. The first-order valence-electron chi connectivity index (χ1n) is 5.30. The van der Waals surface area contributed by atoms with Gasteiger partial charge in [-0.3, -0.25) is 4.90 Å². The number of nitrogens with zero attached hydrogens (tertiary/aromatic N) is 1. The molecule has 0 unspecified atom stereocenters. The lowest BCUT2D eigenvalue weighted by molar-refractivity contribution is 0.255. The average molecular weight is 195 g/mol. The highest BCUT2D eigenvalue weighted by Crippen LogP contribution is 2.07. The number of piperidine rings is 1. The average Bonchev–Trinajstić information content (AvgIpc) is 2.04. The van der Waals surface area contributed by atoms with Crippen molar-refractivity contribution in [3.05, 3.63) is 0 Å². The topological polar surface area (TPSA) is 3.24 Å². The number of rotatable bonds is 1. The van der Waals surface area contributed by atoms with Crippen LogP contribution in [-0.4, -0.2) is 32.6 Å². The van der Waals surface area contributed by atoms with Gasteiger partial charge in [0.05, 0.1) is 6.54 Å². The molecule has 2 heteroatoms. The minimum Gasteiger partial charge on any atom is -0.292 e. The quantitative estimate of drug-likeness (QED) is 0.458. The summed E-state index contributed by atoms with van der Waals surface area (Å²) >= 11 is 0. The fraction of sp³-hybridized carbons (Fsp3) is 0.818. The van der Waals surface area contributed by atoms with E-state index in [2.05, 4.69) is 36.0 Å². The van der Waals surface area contributed by atoms with Crippen LogP contribution in [0.3, 0.4) is 0 Å². The van der Waals surface area contributed by atoms with Crippen LogP contribution in [0.25, 0.3) is 0 Å². The van der Waals surface area contributed by atoms with Crippen molar-refractivity contribution < 1.29 is 0 Å². The molecule has 13 heavy (non-hydrogen) atoms. The highest BCUT2D eigenvalue weighted by Gasteiger charge is 2.09. The molecule has 0 bridgehead atoms. The maximum atomic E-state index is 3.42. The molecule has 0 N–H and O–H groups in total. The van der Waals surface area contributed by atoms with Crippen LogP contribution in [0.4, 0.5) is 0 Å². The van der Waals surface area contributed by atoms with Crippen LogP contribution in [0.15, 0.2) is 0 Å². The molecule has 1 saturated heterocycles. The van der Waals surface area contributed by atoms with Gasteiger partial charge in [-0.25, -0.2) is 0 Å². The molecule has 1 rings (SSSR count). The van der Waals surface area contributed by atoms with Gasteiger partial charge in [0.1, 0.15) is 8.07 Å². The normalized spacial score (nSPS) is 19.3. The molecule has 0 amide bonds. The minimum atomic E-state index is -1.13. The Morgan fingerprint density at radius 3 is 2.23 bits per heavy atom. The van der Waals surface area contributed by atoms with Crippen LogP contribution < -0.4 is 0 Å². The van der Waals surface area contributed by atoms with Gasteiger partial charge in [-0.2, -0.15) is 0 Å². The predicted molar refractivity (Wildman–Crippen MR) is 61.4 cm³/mol. The molecule has 0 aliphatic carbocycles. The summed E-state index contributed by atoms with van der Waals surface area (Å²) in [7, 11) is -1.13. The van der Waals surface area contributed by atoms with E-state index in [-0.39, 0.29) is 0 Å². The lowest BCUT2D eigenvalue weighted by atomic mass is 10.1. The molecule has 1 fully saturated rings. The Kier molecular flexibility index (Phi) is 4.02. The monoisotopic (exact) mass is 195 g/mol. The summed E-state index contributed by atoms with van der Waals surface area (Å²) in [6, 6.07) is 0. The second-order valence-corrected chi connectivity index (χ2v) is 9.64. The third-order valence-corrected chi connectivity index (χ3v) is 3.14. The standard InChI is InChI=1S/C11H21NSi/c1-13(2,3)11-7-10-12-8-5-4-6-9-12/h4-6,8-10H2,1-3H3. The zero-order valence-corrected chi connectivity index (χ0v) is 10.2. The van der Waals surface area contributed by atoms with E-state index < -0.39 is 8.07 Å². The van der Waals surface area contributed by atoms with Gasteiger partial charge < -0.3 is 0 Å². The summed E-state index contributed by atoms with van der Waals surface area (Å²) in [6.45, 7) is 10.4. The molecule has 1 heterocycles. The minimum absolute atomic E-state index is 1.00. The van der Waals surface area contributed by atoms with Crippen molar-refractivity contribution in [2.75, 3.05) is 19.6 Å². The third kappa shape index (κ3) is 5.12. The van der Waals surface area contributed by atoms with Crippen LogP contribution in [0.1, 0.15) is 19.3 Å². The Morgan fingerprint density at radius 1 is 1.08 bits per heavy atom. The fourth-order valence-electron chi connectivity index (χ4n) is 1.53. The first-order valence-corrected chi connectivity index (χ1v) is 8.80. The maximum absolute atomic E-state index is 3.42. The lowest BCUT2D eigenvalue weighted by Crippen LogP contribution is -2.30. The number of likely N-dealkylation sites (tertiary alicyclic amines) is 1. The van der Waals surface area contributed by atoms with Crippen LogP contribution >= 0.6 is 0 Å². The van der Waals surface area contributed by atoms with E-state index in [0.29, 0.717) is 0 Å². The summed E-state index contributed by atoms with van der Waals surface area (Å²) in [5, 5.41) is 0. The van der Waals surface area contributed by atoms with E-state index in [1.807, 2.05) is 0 Å². The molecule has 1 aliphatic heterocycles. The van der Waals surface area contributed by atoms with Gasteiger partial charge >= 0.3 is 0 Å². The number of hydrogen-bond acceptors (Lipinski definition) is 1. The molecule has 1 aliphatic rings. The smallest absolute Gasteiger partial charge is 0.129 e. The summed E-state index contributed by atoms with van der Waals surface area (Å²) < 4.78 is 0. The first kappa shape index (κ1) is 10.8. The van der Waals surface area contributed by atoms with E-state index in [9.17, 15) is 0 Å². The second kappa shape index (κ2) is 4.83. The molecule has 0 aromatic carbocycles. The fourth-order valence-corrected chi connectivity index (χ4v) is 2.14. The first-order chi connectivity index (χ1) is 6.08. The van der Waals surface area contributed by atoms with Crippen molar-refractivity contribution in [3.8, 4) is 11.5 Å². The highest BCUT2D eigenvalue weighted by molar-refractivity contribution is 6.83. The van der Waals surface area contributed by atoms with E-state index in [0.717, 1.165) is 6.54 Å². The van der Waals surface area contributed by atoms with Gasteiger partial charge in [0.15, 0.2) is 0 Å². The van der Waals surface area contributed by atoms with Gasteiger partial charge in [-0.1, -0.05) is 32.0 Å². The number of hydrogen-bond donors (Lipinski definition) is 0. The van der Waals surface area contributed by atoms with E-state index >= 15 is 0 Å². The second-order valence-electron chi connectivity index (χ2n) is 4.89. The molecule has 0 aromatic rings. The molecule has 1 nitrogen and oxygen atoms in total. The van der Waals surface area contributed by atoms with Crippen molar-refractivity contribution in [2.45, 2.75) is 38.9 Å². The van der Waals surface area contributed by atoms with E-state index in [1.54, 1.807) is 0 Å². The molecular weight excluding hydrogens is 174 g/mol. The Balaban J connectivity index is 2.27. The summed E-state index contributed by atoms with van der Waals surface area (Å²) in [5.41, 5.74) is 3.42. The molecule has 0 spiro atoms. The van der Waals surface area contributed by atoms with Gasteiger partial charge in [0, 0.05) is 0 Å². The van der Waals surface area contributed by atoms with Crippen LogP contribution in [-0.2, 0) is 0 Å². The largest absolute Gasteiger partial charge is 0.292 e. The van der Waals surface area contributed by atoms with E-state index in [4.69, 9.17) is 0 Å². The zero-order chi connectivity index (χ0) is 9.73. The Hall–Kier alpha value is -0.263. The Labute approximate surface area is 83.5 Å².